The van der Waals surface area contributed by atoms with Crippen molar-refractivity contribution in [3.8, 4) is 5.69 Å². The highest BCUT2D eigenvalue weighted by atomic mass is 79.9. The van der Waals surface area contributed by atoms with Gasteiger partial charge in [0, 0.05) is 32.9 Å². The molecule has 0 saturated heterocycles. The zero-order chi connectivity index (χ0) is 24.7. The Hall–Kier alpha value is -3.38. The molecule has 174 valence electrons. The van der Waals surface area contributed by atoms with Crippen molar-refractivity contribution >= 4 is 39.6 Å². The van der Waals surface area contributed by atoms with Crippen LogP contribution in [0.25, 0.3) is 11.8 Å². The first kappa shape index (κ1) is 23.8. The molecule has 0 saturated carbocycles. The summed E-state index contributed by atoms with van der Waals surface area (Å²) in [5.41, 5.74) is 8.02. The number of anilines is 1. The van der Waals surface area contributed by atoms with Gasteiger partial charge in [-0.1, -0.05) is 28.1 Å². The summed E-state index contributed by atoms with van der Waals surface area (Å²) in [5.74, 6) is -0.766. The van der Waals surface area contributed by atoms with Crippen LogP contribution in [0.15, 0.2) is 69.8 Å². The minimum atomic E-state index is -0.524. The fraction of sp³-hybridized carbons (Fsp3) is 0.214. The van der Waals surface area contributed by atoms with Gasteiger partial charge >= 0.3 is 5.97 Å². The van der Waals surface area contributed by atoms with E-state index in [2.05, 4.69) is 20.5 Å². The molecule has 6 heteroatoms. The molecule has 0 radical (unpaired) electrons. The van der Waals surface area contributed by atoms with Crippen LogP contribution in [0, 0.1) is 27.7 Å². The van der Waals surface area contributed by atoms with Crippen molar-refractivity contribution in [3.63, 3.8) is 0 Å². The molecule has 5 nitrogen and oxygen atoms in total. The predicted molar refractivity (Wildman–Crippen MR) is 139 cm³/mol. The molecule has 1 amide bonds. The lowest BCUT2D eigenvalue weighted by Crippen LogP contribution is -2.24. The van der Waals surface area contributed by atoms with Crippen LogP contribution < -0.4 is 4.90 Å². The van der Waals surface area contributed by atoms with Crippen LogP contribution >= 0.6 is 15.9 Å². The summed E-state index contributed by atoms with van der Waals surface area (Å²) in [4.78, 5) is 28.0. The van der Waals surface area contributed by atoms with Gasteiger partial charge in [-0.2, -0.15) is 0 Å². The van der Waals surface area contributed by atoms with Crippen LogP contribution in [0.2, 0.25) is 0 Å². The van der Waals surface area contributed by atoms with E-state index in [9.17, 15) is 9.59 Å². The second kappa shape index (κ2) is 9.11. The van der Waals surface area contributed by atoms with Crippen LogP contribution in [0.3, 0.4) is 0 Å². The number of amides is 1. The summed E-state index contributed by atoms with van der Waals surface area (Å²) >= 11 is 3.54. The van der Waals surface area contributed by atoms with Gasteiger partial charge in [0.05, 0.1) is 18.3 Å². The number of nitrogens with zero attached hydrogens (tertiary/aromatic N) is 2. The standard InChI is InChI=1S/C28H27BrN2O3/c1-16-10-11-24(12-17(16)2)31-20(5)26(28(33)34-6)25(27(31)32)14-21-13-18(3)30(19(21)4)23-9-7-8-22(29)15-23/h7-15H,1-6H3/b25-14-. The Balaban J connectivity index is 1.86. The van der Waals surface area contributed by atoms with Crippen LogP contribution in [0.4, 0.5) is 5.69 Å². The summed E-state index contributed by atoms with van der Waals surface area (Å²) < 4.78 is 8.18. The fourth-order valence-corrected chi connectivity index (χ4v) is 4.84. The molecule has 1 aliphatic heterocycles. The molecule has 4 rings (SSSR count). The smallest absolute Gasteiger partial charge is 0.340 e. The number of aryl methyl sites for hydroxylation is 3. The molecule has 2 aromatic carbocycles. The minimum Gasteiger partial charge on any atom is -0.465 e. The number of methoxy groups -OCH3 is 1. The van der Waals surface area contributed by atoms with Crippen LogP contribution in [-0.2, 0) is 14.3 Å². The number of rotatable bonds is 4. The van der Waals surface area contributed by atoms with Gasteiger partial charge in [0.25, 0.3) is 5.91 Å². The van der Waals surface area contributed by atoms with E-state index < -0.39 is 5.97 Å². The van der Waals surface area contributed by atoms with Gasteiger partial charge in [-0.15, -0.1) is 0 Å². The van der Waals surface area contributed by atoms with Gasteiger partial charge < -0.3 is 9.30 Å². The Bertz CT molecular complexity index is 1390. The summed E-state index contributed by atoms with van der Waals surface area (Å²) in [5, 5.41) is 0. The number of aromatic nitrogens is 1. The van der Waals surface area contributed by atoms with Crippen molar-refractivity contribution in [1.82, 2.24) is 4.57 Å². The van der Waals surface area contributed by atoms with Crippen molar-refractivity contribution in [2.24, 2.45) is 0 Å². The summed E-state index contributed by atoms with van der Waals surface area (Å²) in [6, 6.07) is 15.9. The van der Waals surface area contributed by atoms with Crippen molar-refractivity contribution < 1.29 is 14.3 Å². The topological polar surface area (TPSA) is 51.5 Å². The van der Waals surface area contributed by atoms with Crippen molar-refractivity contribution in [3.05, 3.63) is 97.9 Å². The molecule has 34 heavy (non-hydrogen) atoms. The summed E-state index contributed by atoms with van der Waals surface area (Å²) in [7, 11) is 1.34. The molecule has 1 aliphatic rings. The van der Waals surface area contributed by atoms with Gasteiger partial charge in [0.1, 0.15) is 0 Å². The SMILES string of the molecule is COC(=O)C1=C(C)N(c2ccc(C)c(C)c2)C(=O)/C1=C\c1cc(C)n(-c2cccc(Br)c2)c1C. The molecule has 0 fully saturated rings. The predicted octanol–water partition coefficient (Wildman–Crippen LogP) is 6.35. The van der Waals surface area contributed by atoms with E-state index in [1.54, 1.807) is 17.9 Å². The van der Waals surface area contributed by atoms with E-state index in [4.69, 9.17) is 4.74 Å². The fourth-order valence-electron chi connectivity index (χ4n) is 4.46. The average molecular weight is 519 g/mol. The first-order valence-corrected chi connectivity index (χ1v) is 11.8. The third-order valence-electron chi connectivity index (χ3n) is 6.37. The van der Waals surface area contributed by atoms with E-state index >= 15 is 0 Å². The molecule has 0 atom stereocenters. The Labute approximate surface area is 208 Å². The highest BCUT2D eigenvalue weighted by Crippen LogP contribution is 2.37. The third kappa shape index (κ3) is 4.03. The second-order valence-corrected chi connectivity index (χ2v) is 9.48. The zero-order valence-electron chi connectivity index (χ0n) is 20.2. The van der Waals surface area contributed by atoms with Crippen molar-refractivity contribution in [1.29, 1.82) is 0 Å². The monoisotopic (exact) mass is 518 g/mol. The normalized spacial score (nSPS) is 15.0. The number of ether oxygens (including phenoxy) is 1. The number of hydrogen-bond acceptors (Lipinski definition) is 3. The van der Waals surface area contributed by atoms with Gasteiger partial charge in [0.2, 0.25) is 0 Å². The maximum Gasteiger partial charge on any atom is 0.340 e. The van der Waals surface area contributed by atoms with Crippen LogP contribution in [0.1, 0.15) is 35.0 Å². The maximum absolute atomic E-state index is 13.7. The first-order chi connectivity index (χ1) is 16.1. The third-order valence-corrected chi connectivity index (χ3v) is 6.87. The summed E-state index contributed by atoms with van der Waals surface area (Å²) in [6.45, 7) is 9.85. The van der Waals surface area contributed by atoms with Crippen LogP contribution in [0.5, 0.6) is 0 Å². The molecule has 0 unspecified atom stereocenters. The quantitative estimate of drug-likeness (QED) is 0.298. The second-order valence-electron chi connectivity index (χ2n) is 8.56. The number of benzene rings is 2. The van der Waals surface area contributed by atoms with E-state index in [-0.39, 0.29) is 11.5 Å². The van der Waals surface area contributed by atoms with Gasteiger partial charge in [-0.05, 0) is 93.8 Å². The number of allylic oxidation sites excluding steroid dienone is 1. The van der Waals surface area contributed by atoms with E-state index in [1.807, 2.05) is 76.2 Å². The van der Waals surface area contributed by atoms with Crippen LogP contribution in [-0.4, -0.2) is 23.6 Å². The highest BCUT2D eigenvalue weighted by molar-refractivity contribution is 9.10. The average Bonchev–Trinajstić information content (AvgIpc) is 3.21. The summed E-state index contributed by atoms with van der Waals surface area (Å²) in [6.07, 6.45) is 1.80. The lowest BCUT2D eigenvalue weighted by atomic mass is 10.0. The Morgan fingerprint density at radius 1 is 0.941 bits per heavy atom. The molecule has 0 aliphatic carbocycles. The maximum atomic E-state index is 13.7. The number of halogens is 1. The van der Waals surface area contributed by atoms with Gasteiger partial charge in [-0.3, -0.25) is 9.69 Å². The number of carbonyl (C=O) groups excluding carboxylic acids is 2. The molecular weight excluding hydrogens is 492 g/mol. The molecule has 0 bridgehead atoms. The Kier molecular flexibility index (Phi) is 6.36. The van der Waals surface area contributed by atoms with Gasteiger partial charge in [-0.25, -0.2) is 4.79 Å². The Morgan fingerprint density at radius 2 is 1.68 bits per heavy atom. The van der Waals surface area contributed by atoms with Crippen molar-refractivity contribution in [2.75, 3.05) is 12.0 Å². The molecule has 0 spiro atoms. The zero-order valence-corrected chi connectivity index (χ0v) is 21.8. The van der Waals surface area contributed by atoms with Gasteiger partial charge in [0.15, 0.2) is 0 Å². The minimum absolute atomic E-state index is 0.242. The molecular formula is C28H27BrN2O3. The largest absolute Gasteiger partial charge is 0.465 e. The molecule has 2 heterocycles. The number of esters is 1. The first-order valence-electron chi connectivity index (χ1n) is 11.0. The Morgan fingerprint density at radius 3 is 2.32 bits per heavy atom. The lowest BCUT2D eigenvalue weighted by Gasteiger charge is -2.19. The van der Waals surface area contributed by atoms with E-state index in [1.165, 1.54) is 7.11 Å². The molecule has 3 aromatic rings. The number of carbonyl (C=O) groups is 2. The van der Waals surface area contributed by atoms with E-state index in [0.717, 1.165) is 43.9 Å². The van der Waals surface area contributed by atoms with E-state index in [0.29, 0.717) is 11.3 Å². The molecule has 0 N–H and O–H groups in total. The molecule has 1 aromatic heterocycles. The number of hydrogen-bond donors (Lipinski definition) is 0. The van der Waals surface area contributed by atoms with Crippen molar-refractivity contribution in [2.45, 2.75) is 34.6 Å². The lowest BCUT2D eigenvalue weighted by molar-refractivity contribution is -0.136. The highest BCUT2D eigenvalue weighted by Gasteiger charge is 2.38.